The van der Waals surface area contributed by atoms with Crippen LogP contribution in [0.15, 0.2) is 54.9 Å². The minimum Gasteiger partial charge on any atom is -0.382 e. The van der Waals surface area contributed by atoms with Crippen molar-refractivity contribution in [2.75, 3.05) is 33.4 Å². The molecule has 2 aromatic rings. The maximum absolute atomic E-state index is 13.0. The molecule has 2 fully saturated rings. The first-order chi connectivity index (χ1) is 15.7. The molecule has 7 nitrogen and oxygen atoms in total. The molecule has 2 aliphatic heterocycles. The Balaban J connectivity index is 1.34. The number of rotatable bonds is 9. The number of carbonyl (C=O) groups excluding carboxylic acids is 2. The monoisotopic (exact) mass is 437 g/mol. The molecule has 170 valence electrons. The molecule has 1 aromatic heterocycles. The van der Waals surface area contributed by atoms with E-state index in [1.54, 1.807) is 19.5 Å². The van der Waals surface area contributed by atoms with Gasteiger partial charge < -0.3 is 19.3 Å². The Morgan fingerprint density at radius 2 is 1.78 bits per heavy atom. The number of β-lactam (4-membered cyclic amide) rings is 1. The van der Waals surface area contributed by atoms with E-state index >= 15 is 0 Å². The summed E-state index contributed by atoms with van der Waals surface area (Å²) in [6.45, 7) is 2.20. The van der Waals surface area contributed by atoms with Crippen molar-refractivity contribution in [2.45, 2.75) is 43.9 Å². The fourth-order valence-electron chi connectivity index (χ4n) is 4.65. The molecule has 1 aromatic carbocycles. The minimum absolute atomic E-state index is 0.0248. The van der Waals surface area contributed by atoms with Gasteiger partial charge in [0, 0.05) is 45.1 Å². The molecular weight excluding hydrogens is 406 g/mol. The molecule has 0 bridgehead atoms. The van der Waals surface area contributed by atoms with Crippen LogP contribution in [0.4, 0.5) is 0 Å². The minimum atomic E-state index is -0.488. The van der Waals surface area contributed by atoms with E-state index in [0.29, 0.717) is 32.7 Å². The lowest BCUT2D eigenvalue weighted by Gasteiger charge is -2.52. The van der Waals surface area contributed by atoms with Gasteiger partial charge in [0.25, 0.3) is 5.91 Å². The zero-order chi connectivity index (χ0) is 22.3. The highest BCUT2D eigenvalue weighted by Crippen LogP contribution is 2.40. The predicted octanol–water partition coefficient (Wildman–Crippen LogP) is 2.62. The Hall–Kier alpha value is -2.77. The normalized spacial score (nSPS) is 21.5. The van der Waals surface area contributed by atoms with Gasteiger partial charge in [-0.05, 0) is 42.5 Å². The molecule has 0 spiro atoms. The molecule has 2 saturated heterocycles. The van der Waals surface area contributed by atoms with Crippen LogP contribution in [-0.4, -0.2) is 72.2 Å². The maximum atomic E-state index is 13.0. The topological polar surface area (TPSA) is 72.0 Å². The van der Waals surface area contributed by atoms with Crippen molar-refractivity contribution in [3.05, 3.63) is 66.0 Å². The number of carbonyl (C=O) groups is 2. The van der Waals surface area contributed by atoms with Crippen molar-refractivity contribution >= 4 is 11.8 Å². The van der Waals surface area contributed by atoms with Gasteiger partial charge >= 0.3 is 0 Å². The molecule has 0 aliphatic carbocycles. The van der Waals surface area contributed by atoms with Crippen LogP contribution >= 0.6 is 0 Å². The predicted molar refractivity (Wildman–Crippen MR) is 120 cm³/mol. The lowest BCUT2D eigenvalue weighted by Crippen LogP contribution is -2.65. The number of methoxy groups -OCH3 is 1. The number of ether oxygens (including phenoxy) is 2. The summed E-state index contributed by atoms with van der Waals surface area (Å²) >= 11 is 0. The van der Waals surface area contributed by atoms with Gasteiger partial charge in [0.05, 0.1) is 19.3 Å². The molecule has 32 heavy (non-hydrogen) atoms. The van der Waals surface area contributed by atoms with E-state index in [1.165, 1.54) is 5.56 Å². The third-order valence-electron chi connectivity index (χ3n) is 6.40. The zero-order valence-electron chi connectivity index (χ0n) is 18.6. The molecule has 0 saturated carbocycles. The lowest BCUT2D eigenvalue weighted by atomic mass is 9.86. The fraction of sp³-hybridized carbons (Fsp3) is 0.480. The number of aryl methyl sites for hydroxylation is 1. The van der Waals surface area contributed by atoms with E-state index in [-0.39, 0.29) is 23.9 Å². The number of hydrogen-bond donors (Lipinski definition) is 0. The molecule has 3 heterocycles. The third kappa shape index (κ3) is 5.00. The van der Waals surface area contributed by atoms with Crippen LogP contribution in [0.2, 0.25) is 0 Å². The molecule has 2 aliphatic rings. The van der Waals surface area contributed by atoms with Gasteiger partial charge in [-0.25, -0.2) is 0 Å². The second-order valence-corrected chi connectivity index (χ2v) is 8.35. The summed E-state index contributed by atoms with van der Waals surface area (Å²) in [6.07, 6.45) is 5.86. The molecular formula is C25H31N3O4. The highest BCUT2D eigenvalue weighted by atomic mass is 16.5. The summed E-state index contributed by atoms with van der Waals surface area (Å²) in [5, 5.41) is 0. The molecule has 2 amide bonds. The van der Waals surface area contributed by atoms with Gasteiger partial charge in [0.15, 0.2) is 6.10 Å². The quantitative estimate of drug-likeness (QED) is 0.446. The van der Waals surface area contributed by atoms with Crippen molar-refractivity contribution in [2.24, 2.45) is 0 Å². The number of benzene rings is 1. The summed E-state index contributed by atoms with van der Waals surface area (Å²) in [5.74, 6) is 0.213. The van der Waals surface area contributed by atoms with Crippen LogP contribution in [-0.2, 0) is 25.5 Å². The first-order valence-corrected chi connectivity index (χ1v) is 11.3. The Bertz CT molecular complexity index is 885. The first kappa shape index (κ1) is 22.4. The van der Waals surface area contributed by atoms with Crippen molar-refractivity contribution in [3.8, 4) is 0 Å². The van der Waals surface area contributed by atoms with Crippen LogP contribution in [0, 0.1) is 0 Å². The second-order valence-electron chi connectivity index (χ2n) is 8.35. The number of amides is 2. The zero-order valence-corrected chi connectivity index (χ0v) is 18.6. The van der Waals surface area contributed by atoms with E-state index in [4.69, 9.17) is 9.47 Å². The van der Waals surface area contributed by atoms with Gasteiger partial charge in [-0.15, -0.1) is 0 Å². The molecule has 2 atom stereocenters. The number of piperidine rings is 1. The van der Waals surface area contributed by atoms with E-state index in [1.807, 2.05) is 40.1 Å². The molecule has 0 radical (unpaired) electrons. The van der Waals surface area contributed by atoms with Gasteiger partial charge in [-0.3, -0.25) is 14.6 Å². The Kier molecular flexibility index (Phi) is 7.50. The Morgan fingerprint density at radius 3 is 2.47 bits per heavy atom. The highest BCUT2D eigenvalue weighted by molar-refractivity contribution is 5.89. The average Bonchev–Trinajstić information content (AvgIpc) is 2.85. The highest BCUT2D eigenvalue weighted by Gasteiger charge is 2.52. The lowest BCUT2D eigenvalue weighted by molar-refractivity contribution is -0.184. The summed E-state index contributed by atoms with van der Waals surface area (Å²) < 4.78 is 10.9. The van der Waals surface area contributed by atoms with Crippen LogP contribution in [0.5, 0.6) is 0 Å². The van der Waals surface area contributed by atoms with Gasteiger partial charge in [-0.1, -0.05) is 30.3 Å². The first-order valence-electron chi connectivity index (χ1n) is 11.3. The Labute approximate surface area is 189 Å². The number of hydrogen-bond acceptors (Lipinski definition) is 5. The molecule has 2 unspecified atom stereocenters. The van der Waals surface area contributed by atoms with Crippen molar-refractivity contribution in [1.82, 2.24) is 14.8 Å². The number of pyridine rings is 1. The van der Waals surface area contributed by atoms with Gasteiger partial charge in [-0.2, -0.15) is 0 Å². The standard InChI is InChI=1S/C25H31N3O4/c1-31-17-18-32-24-23(20-9-13-26-14-10-20)28(25(24)30)21-11-15-27(16-12-21)22(29)8-7-19-5-3-2-4-6-19/h2-6,9-10,13-14,21,23-24H,7-8,11-12,15-18H2,1H3. The van der Waals surface area contributed by atoms with Crippen molar-refractivity contribution in [1.29, 1.82) is 0 Å². The summed E-state index contributed by atoms with van der Waals surface area (Å²) in [7, 11) is 1.62. The average molecular weight is 438 g/mol. The number of aromatic nitrogens is 1. The fourth-order valence-corrected chi connectivity index (χ4v) is 4.65. The summed E-state index contributed by atoms with van der Waals surface area (Å²) in [5.41, 5.74) is 2.21. The number of nitrogens with zero attached hydrogens (tertiary/aromatic N) is 3. The van der Waals surface area contributed by atoms with Crippen LogP contribution in [0.25, 0.3) is 0 Å². The SMILES string of the molecule is COCCOC1C(=O)N(C2CCN(C(=O)CCc3ccccc3)CC2)C1c1ccncc1. The maximum Gasteiger partial charge on any atom is 0.255 e. The molecule has 4 rings (SSSR count). The van der Waals surface area contributed by atoms with E-state index in [2.05, 4.69) is 17.1 Å². The van der Waals surface area contributed by atoms with E-state index in [9.17, 15) is 9.59 Å². The smallest absolute Gasteiger partial charge is 0.255 e. The largest absolute Gasteiger partial charge is 0.382 e. The Morgan fingerprint density at radius 1 is 1.06 bits per heavy atom. The van der Waals surface area contributed by atoms with Crippen LogP contribution < -0.4 is 0 Å². The third-order valence-corrected chi connectivity index (χ3v) is 6.40. The van der Waals surface area contributed by atoms with Gasteiger partial charge in [0.1, 0.15) is 0 Å². The van der Waals surface area contributed by atoms with Crippen molar-refractivity contribution < 1.29 is 19.1 Å². The molecule has 0 N–H and O–H groups in total. The summed E-state index contributed by atoms with van der Waals surface area (Å²) in [4.78, 5) is 33.7. The summed E-state index contributed by atoms with van der Waals surface area (Å²) in [6, 6.07) is 14.0. The van der Waals surface area contributed by atoms with Crippen molar-refractivity contribution in [3.63, 3.8) is 0 Å². The van der Waals surface area contributed by atoms with Gasteiger partial charge in [0.2, 0.25) is 5.91 Å². The van der Waals surface area contributed by atoms with E-state index in [0.717, 1.165) is 24.8 Å². The number of likely N-dealkylation sites (tertiary alicyclic amines) is 2. The van der Waals surface area contributed by atoms with Crippen LogP contribution in [0.3, 0.4) is 0 Å². The molecule has 7 heteroatoms. The van der Waals surface area contributed by atoms with Crippen LogP contribution in [0.1, 0.15) is 36.4 Å². The van der Waals surface area contributed by atoms with E-state index < -0.39 is 6.10 Å². The second kappa shape index (κ2) is 10.7.